The van der Waals surface area contributed by atoms with Crippen molar-refractivity contribution in [1.29, 1.82) is 0 Å². The minimum Gasteiger partial charge on any atom is -0.368 e. The van der Waals surface area contributed by atoms with Crippen LogP contribution in [0, 0.1) is 0 Å². The maximum Gasteiger partial charge on any atom is 0.133 e. The first-order valence-corrected chi connectivity index (χ1v) is 8.43. The van der Waals surface area contributed by atoms with Crippen molar-refractivity contribution < 1.29 is 4.39 Å². The molecular formula is C17H25FN6. The van der Waals surface area contributed by atoms with Gasteiger partial charge in [-0.2, -0.15) is 5.10 Å². The molecule has 130 valence electrons. The lowest BCUT2D eigenvalue weighted by molar-refractivity contribution is 0.241. The van der Waals surface area contributed by atoms with Crippen molar-refractivity contribution in [3.63, 3.8) is 0 Å². The van der Waals surface area contributed by atoms with Crippen molar-refractivity contribution in [1.82, 2.24) is 24.6 Å². The van der Waals surface area contributed by atoms with Crippen LogP contribution in [-0.2, 0) is 13.6 Å². The highest BCUT2D eigenvalue weighted by molar-refractivity contribution is 5.33. The van der Waals surface area contributed by atoms with Gasteiger partial charge < -0.3 is 5.32 Å². The summed E-state index contributed by atoms with van der Waals surface area (Å²) in [6.45, 7) is 6.01. The smallest absolute Gasteiger partial charge is 0.133 e. The van der Waals surface area contributed by atoms with E-state index >= 15 is 0 Å². The van der Waals surface area contributed by atoms with Gasteiger partial charge in [0.25, 0.3) is 0 Å². The van der Waals surface area contributed by atoms with E-state index in [1.807, 2.05) is 25.5 Å². The molecule has 0 spiro atoms. The zero-order valence-electron chi connectivity index (χ0n) is 14.5. The van der Waals surface area contributed by atoms with E-state index in [1.165, 1.54) is 0 Å². The van der Waals surface area contributed by atoms with Gasteiger partial charge in [0.05, 0.1) is 6.20 Å². The summed E-state index contributed by atoms with van der Waals surface area (Å²) < 4.78 is 15.7. The van der Waals surface area contributed by atoms with Crippen LogP contribution >= 0.6 is 0 Å². The number of halogens is 1. The van der Waals surface area contributed by atoms with Crippen molar-refractivity contribution >= 4 is 5.82 Å². The van der Waals surface area contributed by atoms with E-state index in [-0.39, 0.29) is 12.0 Å². The normalized spacial score (nSPS) is 21.5. The number of hydrogen-bond donors (Lipinski definition) is 1. The highest BCUT2D eigenvalue weighted by Crippen LogP contribution is 2.23. The van der Waals surface area contributed by atoms with Crippen molar-refractivity contribution in [2.45, 2.75) is 44.9 Å². The number of alkyl halides is 1. The molecule has 1 N–H and O–H groups in total. The van der Waals surface area contributed by atoms with Crippen LogP contribution in [0.15, 0.2) is 24.7 Å². The van der Waals surface area contributed by atoms with Crippen LogP contribution in [0.1, 0.15) is 37.6 Å². The molecule has 0 bridgehead atoms. The van der Waals surface area contributed by atoms with Crippen molar-refractivity contribution in [2.24, 2.45) is 7.05 Å². The first kappa shape index (κ1) is 16.8. The van der Waals surface area contributed by atoms with Gasteiger partial charge in [0.2, 0.25) is 0 Å². The molecule has 7 heteroatoms. The zero-order chi connectivity index (χ0) is 17.1. The maximum atomic E-state index is 13.9. The van der Waals surface area contributed by atoms with Crippen molar-refractivity contribution in [2.75, 3.05) is 18.4 Å². The van der Waals surface area contributed by atoms with Gasteiger partial charge in [-0.15, -0.1) is 0 Å². The topological polar surface area (TPSA) is 58.9 Å². The van der Waals surface area contributed by atoms with Gasteiger partial charge in [-0.25, -0.2) is 14.4 Å². The second kappa shape index (κ2) is 7.25. The summed E-state index contributed by atoms with van der Waals surface area (Å²) in [4.78, 5) is 11.0. The molecular weight excluding hydrogens is 307 g/mol. The summed E-state index contributed by atoms with van der Waals surface area (Å²) >= 11 is 0. The third kappa shape index (κ3) is 4.08. The molecule has 1 aliphatic rings. The first-order valence-electron chi connectivity index (χ1n) is 8.43. The Balaban J connectivity index is 1.61. The predicted molar refractivity (Wildman–Crippen MR) is 91.5 cm³/mol. The van der Waals surface area contributed by atoms with Crippen molar-refractivity contribution in [3.05, 3.63) is 36.0 Å². The summed E-state index contributed by atoms with van der Waals surface area (Å²) in [5.74, 6) is 1.91. The quantitative estimate of drug-likeness (QED) is 0.880. The molecule has 1 saturated heterocycles. The fraction of sp³-hybridized carbons (Fsp3) is 0.588. The van der Waals surface area contributed by atoms with Crippen molar-refractivity contribution in [3.8, 4) is 0 Å². The molecule has 24 heavy (non-hydrogen) atoms. The molecule has 6 nitrogen and oxygen atoms in total. The minimum absolute atomic E-state index is 0.151. The molecule has 0 unspecified atom stereocenters. The van der Waals surface area contributed by atoms with E-state index in [4.69, 9.17) is 0 Å². The van der Waals surface area contributed by atoms with Gasteiger partial charge in [0, 0.05) is 56.6 Å². The Morgan fingerprint density at radius 3 is 2.96 bits per heavy atom. The zero-order valence-corrected chi connectivity index (χ0v) is 14.5. The molecule has 0 aliphatic carbocycles. The largest absolute Gasteiger partial charge is 0.368 e. The molecule has 1 fully saturated rings. The van der Waals surface area contributed by atoms with E-state index in [0.29, 0.717) is 19.5 Å². The van der Waals surface area contributed by atoms with Crippen LogP contribution in [0.3, 0.4) is 0 Å². The van der Waals surface area contributed by atoms with E-state index in [0.717, 1.165) is 23.8 Å². The number of anilines is 1. The fourth-order valence-corrected chi connectivity index (χ4v) is 3.09. The molecule has 2 aromatic heterocycles. The van der Waals surface area contributed by atoms with Gasteiger partial charge in [0.1, 0.15) is 17.8 Å². The van der Waals surface area contributed by atoms with E-state index in [1.54, 1.807) is 10.9 Å². The maximum absolute atomic E-state index is 13.9. The number of nitrogens with zero attached hydrogens (tertiary/aromatic N) is 5. The number of aryl methyl sites for hydroxylation is 1. The number of rotatable bonds is 6. The molecule has 0 aromatic carbocycles. The second-order valence-corrected chi connectivity index (χ2v) is 6.77. The van der Waals surface area contributed by atoms with Gasteiger partial charge in [0.15, 0.2) is 0 Å². The lowest BCUT2D eigenvalue weighted by Crippen LogP contribution is -2.34. The van der Waals surface area contributed by atoms with E-state index in [9.17, 15) is 4.39 Å². The summed E-state index contributed by atoms with van der Waals surface area (Å²) in [5.41, 5.74) is 1.11. The Morgan fingerprint density at radius 2 is 2.25 bits per heavy atom. The Kier molecular flexibility index (Phi) is 5.08. The second-order valence-electron chi connectivity index (χ2n) is 6.77. The van der Waals surface area contributed by atoms with Crippen LogP contribution < -0.4 is 5.32 Å². The van der Waals surface area contributed by atoms with Crippen LogP contribution in [0.5, 0.6) is 0 Å². The van der Waals surface area contributed by atoms with Crippen LogP contribution in [-0.4, -0.2) is 50.0 Å². The lowest BCUT2D eigenvalue weighted by Gasteiger charge is -2.24. The number of nitrogens with one attached hydrogen (secondary N) is 1. The number of hydrogen-bond acceptors (Lipinski definition) is 5. The van der Waals surface area contributed by atoms with Crippen LogP contribution in [0.2, 0.25) is 0 Å². The number of aromatic nitrogens is 4. The molecule has 3 rings (SSSR count). The molecule has 1 aliphatic heterocycles. The Hall–Kier alpha value is -2.02. The van der Waals surface area contributed by atoms with E-state index < -0.39 is 6.17 Å². The molecule has 3 heterocycles. The summed E-state index contributed by atoms with van der Waals surface area (Å²) in [6.07, 6.45) is 5.37. The molecule has 2 atom stereocenters. The Labute approximate surface area is 142 Å². The Morgan fingerprint density at radius 1 is 1.42 bits per heavy atom. The van der Waals surface area contributed by atoms with E-state index in [2.05, 4.69) is 39.1 Å². The summed E-state index contributed by atoms with van der Waals surface area (Å²) in [7, 11) is 1.89. The standard InChI is InChI=1S/C17H25FN6/c1-12(2)17-19-5-4-16(22-17)20-8-15-6-14(18)11-24(15)10-13-7-21-23(3)9-13/h4-5,7,9,12,14-15H,6,8,10-11H2,1-3H3,(H,19,20,22)/t14-,15-/m0/s1. The van der Waals surface area contributed by atoms with Crippen LogP contribution in [0.4, 0.5) is 10.2 Å². The first-order chi connectivity index (χ1) is 11.5. The minimum atomic E-state index is -0.773. The van der Waals surface area contributed by atoms with Gasteiger partial charge in [-0.05, 0) is 12.5 Å². The third-order valence-electron chi connectivity index (χ3n) is 4.33. The Bertz CT molecular complexity index is 671. The molecule has 0 saturated carbocycles. The summed E-state index contributed by atoms with van der Waals surface area (Å²) in [6, 6.07) is 2.01. The highest BCUT2D eigenvalue weighted by atomic mass is 19.1. The SMILES string of the molecule is CC(C)c1nccc(NC[C@@H]2C[C@H](F)CN2Cc2cnn(C)c2)n1. The molecule has 2 aromatic rings. The average Bonchev–Trinajstić information content (AvgIpc) is 3.11. The van der Waals surface area contributed by atoms with Crippen LogP contribution in [0.25, 0.3) is 0 Å². The monoisotopic (exact) mass is 332 g/mol. The highest BCUT2D eigenvalue weighted by Gasteiger charge is 2.32. The summed E-state index contributed by atoms with van der Waals surface area (Å²) in [5, 5.41) is 7.53. The fourth-order valence-electron chi connectivity index (χ4n) is 3.09. The predicted octanol–water partition coefficient (Wildman–Crippen LogP) is 2.36. The average molecular weight is 332 g/mol. The van der Waals surface area contributed by atoms with Gasteiger partial charge >= 0.3 is 0 Å². The molecule has 0 radical (unpaired) electrons. The van der Waals surface area contributed by atoms with Gasteiger partial charge in [-0.1, -0.05) is 13.8 Å². The van der Waals surface area contributed by atoms with Gasteiger partial charge in [-0.3, -0.25) is 9.58 Å². The lowest BCUT2D eigenvalue weighted by atomic mass is 10.2. The third-order valence-corrected chi connectivity index (χ3v) is 4.33. The number of likely N-dealkylation sites (tertiary alicyclic amines) is 1. The molecule has 0 amide bonds.